The van der Waals surface area contributed by atoms with Crippen molar-refractivity contribution in [2.24, 2.45) is 0 Å². The van der Waals surface area contributed by atoms with E-state index in [-0.39, 0.29) is 0 Å². The molecule has 0 radical (unpaired) electrons. The van der Waals surface area contributed by atoms with Gasteiger partial charge >= 0.3 is 0 Å². The molecule has 2 aromatic rings. The Labute approximate surface area is 131 Å². The minimum absolute atomic E-state index is 0.593. The highest BCUT2D eigenvalue weighted by molar-refractivity contribution is 5.09. The Kier molecular flexibility index (Phi) is 5.08. The zero-order valence-electron chi connectivity index (χ0n) is 13.1. The lowest BCUT2D eigenvalue weighted by Crippen LogP contribution is -2.41. The second-order valence-electron chi connectivity index (χ2n) is 5.93. The molecule has 1 N–H and O–H groups in total. The number of aromatic nitrogens is 3. The van der Waals surface area contributed by atoms with E-state index in [0.29, 0.717) is 6.04 Å². The Morgan fingerprint density at radius 2 is 1.77 bits per heavy atom. The molecule has 0 atom stereocenters. The van der Waals surface area contributed by atoms with Gasteiger partial charge in [-0.25, -0.2) is 9.97 Å². The van der Waals surface area contributed by atoms with Crippen LogP contribution in [0, 0.1) is 6.92 Å². The molecule has 0 bridgehead atoms. The van der Waals surface area contributed by atoms with Gasteiger partial charge in [0.2, 0.25) is 0 Å². The maximum Gasteiger partial charge on any atom is 0.125 e. The number of rotatable bonds is 5. The fraction of sp³-hybridized carbons (Fsp3) is 0.471. The Morgan fingerprint density at radius 1 is 1.09 bits per heavy atom. The molecule has 5 heteroatoms. The van der Waals surface area contributed by atoms with E-state index in [9.17, 15) is 0 Å². The van der Waals surface area contributed by atoms with Crippen molar-refractivity contribution in [2.75, 3.05) is 13.1 Å². The van der Waals surface area contributed by atoms with Crippen LogP contribution in [0.25, 0.3) is 0 Å². The van der Waals surface area contributed by atoms with Crippen LogP contribution >= 0.6 is 0 Å². The van der Waals surface area contributed by atoms with Crippen LogP contribution in [0.5, 0.6) is 0 Å². The van der Waals surface area contributed by atoms with Crippen molar-refractivity contribution in [1.29, 1.82) is 0 Å². The average Bonchev–Trinajstić information content (AvgIpc) is 2.57. The molecule has 5 nitrogen and oxygen atoms in total. The number of likely N-dealkylation sites (tertiary alicyclic amines) is 1. The summed E-state index contributed by atoms with van der Waals surface area (Å²) >= 11 is 0. The Morgan fingerprint density at radius 3 is 2.45 bits per heavy atom. The van der Waals surface area contributed by atoms with Gasteiger partial charge in [-0.1, -0.05) is 0 Å². The summed E-state index contributed by atoms with van der Waals surface area (Å²) in [6, 6.07) is 4.79. The first-order chi connectivity index (χ1) is 10.8. The summed E-state index contributed by atoms with van der Waals surface area (Å²) in [7, 11) is 0. The molecule has 0 amide bonds. The molecule has 2 aromatic heterocycles. The van der Waals surface area contributed by atoms with Gasteiger partial charge in [0.05, 0.1) is 0 Å². The predicted molar refractivity (Wildman–Crippen MR) is 86.1 cm³/mol. The Hall–Kier alpha value is -1.85. The molecule has 0 saturated carbocycles. The summed E-state index contributed by atoms with van der Waals surface area (Å²) in [5.41, 5.74) is 2.50. The topological polar surface area (TPSA) is 53.9 Å². The van der Waals surface area contributed by atoms with Gasteiger partial charge < -0.3 is 5.32 Å². The number of nitrogens with zero attached hydrogens (tertiary/aromatic N) is 4. The summed E-state index contributed by atoms with van der Waals surface area (Å²) in [6.07, 6.45) is 9.94. The van der Waals surface area contributed by atoms with E-state index in [4.69, 9.17) is 0 Å². The van der Waals surface area contributed by atoms with E-state index in [0.717, 1.165) is 37.6 Å². The van der Waals surface area contributed by atoms with Crippen LogP contribution in [0.4, 0.5) is 0 Å². The van der Waals surface area contributed by atoms with Crippen LogP contribution in [-0.4, -0.2) is 39.0 Å². The SMILES string of the molecule is Cc1ncc(CNC2CCN(Cc3ccncc3)CC2)cn1. The minimum Gasteiger partial charge on any atom is -0.310 e. The van der Waals surface area contributed by atoms with E-state index < -0.39 is 0 Å². The van der Waals surface area contributed by atoms with Crippen LogP contribution in [0.3, 0.4) is 0 Å². The lowest BCUT2D eigenvalue weighted by Gasteiger charge is -2.32. The fourth-order valence-corrected chi connectivity index (χ4v) is 2.81. The van der Waals surface area contributed by atoms with Crippen LogP contribution in [0.15, 0.2) is 36.9 Å². The lowest BCUT2D eigenvalue weighted by molar-refractivity contribution is 0.190. The fourth-order valence-electron chi connectivity index (χ4n) is 2.81. The molecule has 0 unspecified atom stereocenters. The first-order valence-corrected chi connectivity index (χ1v) is 7.92. The largest absolute Gasteiger partial charge is 0.310 e. The lowest BCUT2D eigenvalue weighted by atomic mass is 10.0. The average molecular weight is 297 g/mol. The third-order valence-corrected chi connectivity index (χ3v) is 4.17. The first-order valence-electron chi connectivity index (χ1n) is 7.92. The number of hydrogen-bond donors (Lipinski definition) is 1. The summed E-state index contributed by atoms with van der Waals surface area (Å²) < 4.78 is 0. The highest BCUT2D eigenvalue weighted by Crippen LogP contribution is 2.14. The molecule has 3 rings (SSSR count). The quantitative estimate of drug-likeness (QED) is 0.914. The summed E-state index contributed by atoms with van der Waals surface area (Å²) in [6.45, 7) is 6.08. The molecule has 0 aliphatic carbocycles. The second-order valence-corrected chi connectivity index (χ2v) is 5.93. The monoisotopic (exact) mass is 297 g/mol. The molecule has 116 valence electrons. The standard InChI is InChI=1S/C17H23N5/c1-14-19-10-16(11-20-14)12-21-17-4-8-22(9-5-17)13-15-2-6-18-7-3-15/h2-3,6-7,10-11,17,21H,4-5,8-9,12-13H2,1H3. The Bertz CT molecular complexity index is 561. The van der Waals surface area contributed by atoms with Gasteiger partial charge in [-0.2, -0.15) is 0 Å². The van der Waals surface area contributed by atoms with Crippen molar-refractivity contribution < 1.29 is 0 Å². The van der Waals surface area contributed by atoms with E-state index in [1.54, 1.807) is 0 Å². The molecule has 0 aromatic carbocycles. The summed E-state index contributed by atoms with van der Waals surface area (Å²) in [5.74, 6) is 0.827. The van der Waals surface area contributed by atoms with Crippen LogP contribution in [-0.2, 0) is 13.1 Å². The number of aryl methyl sites for hydroxylation is 1. The van der Waals surface area contributed by atoms with E-state index in [1.165, 1.54) is 18.4 Å². The smallest absolute Gasteiger partial charge is 0.125 e. The molecule has 1 aliphatic heterocycles. The van der Waals surface area contributed by atoms with Crippen LogP contribution in [0.2, 0.25) is 0 Å². The molecule has 1 aliphatic rings. The van der Waals surface area contributed by atoms with Gasteiger partial charge in [0, 0.05) is 49.5 Å². The molecular weight excluding hydrogens is 274 g/mol. The first kappa shape index (κ1) is 15.1. The van der Waals surface area contributed by atoms with E-state index in [2.05, 4.69) is 37.3 Å². The van der Waals surface area contributed by atoms with Crippen molar-refractivity contribution in [3.8, 4) is 0 Å². The minimum atomic E-state index is 0.593. The van der Waals surface area contributed by atoms with Crippen molar-refractivity contribution in [3.05, 3.63) is 53.9 Å². The summed E-state index contributed by atoms with van der Waals surface area (Å²) in [4.78, 5) is 15.1. The van der Waals surface area contributed by atoms with Gasteiger partial charge in [0.25, 0.3) is 0 Å². The zero-order chi connectivity index (χ0) is 15.2. The van der Waals surface area contributed by atoms with Gasteiger partial charge in [-0.05, 0) is 50.6 Å². The van der Waals surface area contributed by atoms with E-state index in [1.807, 2.05) is 31.7 Å². The number of nitrogens with one attached hydrogen (secondary N) is 1. The molecule has 0 spiro atoms. The normalized spacial score (nSPS) is 16.8. The van der Waals surface area contributed by atoms with Crippen molar-refractivity contribution in [3.63, 3.8) is 0 Å². The third kappa shape index (κ3) is 4.32. The van der Waals surface area contributed by atoms with Crippen molar-refractivity contribution >= 4 is 0 Å². The third-order valence-electron chi connectivity index (χ3n) is 4.17. The molecule has 22 heavy (non-hydrogen) atoms. The number of hydrogen-bond acceptors (Lipinski definition) is 5. The maximum absolute atomic E-state index is 4.24. The Balaban J connectivity index is 1.41. The molecular formula is C17H23N5. The molecule has 1 saturated heterocycles. The number of piperidine rings is 1. The van der Waals surface area contributed by atoms with Crippen molar-refractivity contribution in [1.82, 2.24) is 25.2 Å². The van der Waals surface area contributed by atoms with Gasteiger partial charge in [0.15, 0.2) is 0 Å². The zero-order valence-corrected chi connectivity index (χ0v) is 13.1. The highest BCUT2D eigenvalue weighted by atomic mass is 15.1. The maximum atomic E-state index is 4.24. The van der Waals surface area contributed by atoms with Crippen LogP contribution in [0.1, 0.15) is 29.8 Å². The van der Waals surface area contributed by atoms with Crippen LogP contribution < -0.4 is 5.32 Å². The highest BCUT2D eigenvalue weighted by Gasteiger charge is 2.18. The predicted octanol–water partition coefficient (Wildman–Crippen LogP) is 1.93. The van der Waals surface area contributed by atoms with Gasteiger partial charge in [0.1, 0.15) is 5.82 Å². The second kappa shape index (κ2) is 7.42. The number of pyridine rings is 1. The summed E-state index contributed by atoms with van der Waals surface area (Å²) in [5, 5.41) is 3.63. The van der Waals surface area contributed by atoms with Crippen molar-refractivity contribution in [2.45, 2.75) is 38.9 Å². The molecule has 3 heterocycles. The van der Waals surface area contributed by atoms with Gasteiger partial charge in [-0.3, -0.25) is 9.88 Å². The van der Waals surface area contributed by atoms with Gasteiger partial charge in [-0.15, -0.1) is 0 Å². The van der Waals surface area contributed by atoms with E-state index >= 15 is 0 Å². The molecule has 1 fully saturated rings.